The monoisotopic (exact) mass is 317 g/mol. The minimum atomic E-state index is -1.23. The molecule has 0 fully saturated rings. The van der Waals surface area contributed by atoms with Crippen LogP contribution in [0.3, 0.4) is 0 Å². The van der Waals surface area contributed by atoms with Gasteiger partial charge in [0.2, 0.25) is 0 Å². The van der Waals surface area contributed by atoms with Gasteiger partial charge in [0.25, 0.3) is 0 Å². The van der Waals surface area contributed by atoms with Gasteiger partial charge in [0, 0.05) is 6.42 Å². The van der Waals surface area contributed by atoms with Crippen LogP contribution in [0.1, 0.15) is 78.1 Å². The Hall–Kier alpha value is -0.910. The van der Waals surface area contributed by atoms with Gasteiger partial charge in [0.15, 0.2) is 0 Å². The zero-order valence-electron chi connectivity index (χ0n) is 14.4. The minimum absolute atomic E-state index is 0.372. The summed E-state index contributed by atoms with van der Waals surface area (Å²) in [4.78, 5) is 8.33. The number of carbonyl (C=O) groups excluding carboxylic acids is 1. The van der Waals surface area contributed by atoms with E-state index in [0.717, 1.165) is 18.9 Å². The van der Waals surface area contributed by atoms with Gasteiger partial charge in [-0.2, -0.15) is 10.4 Å². The van der Waals surface area contributed by atoms with Crippen molar-refractivity contribution in [1.29, 1.82) is 0 Å². The van der Waals surface area contributed by atoms with Crippen LogP contribution in [0.4, 0.5) is 0 Å². The molecule has 5 nitrogen and oxygen atoms in total. The van der Waals surface area contributed by atoms with E-state index in [1.807, 2.05) is 0 Å². The van der Waals surface area contributed by atoms with E-state index in [2.05, 4.69) is 13.5 Å². The highest BCUT2D eigenvalue weighted by Crippen LogP contribution is 2.11. The topological polar surface area (TPSA) is 80.6 Å². The van der Waals surface area contributed by atoms with Crippen molar-refractivity contribution >= 4 is 5.97 Å². The molecule has 5 heteroatoms. The molecule has 0 saturated carbocycles. The number of unbranched alkanes of at least 4 members (excludes halogenated alkanes) is 9. The van der Waals surface area contributed by atoms with Crippen LogP contribution in [-0.2, 0) is 4.79 Å². The molecule has 0 bridgehead atoms. The van der Waals surface area contributed by atoms with Crippen molar-refractivity contribution < 1.29 is 25.1 Å². The second kappa shape index (κ2) is 16.5. The summed E-state index contributed by atoms with van der Waals surface area (Å²) < 4.78 is 0. The molecular formula is C17H35NO4. The first-order valence-electron chi connectivity index (χ1n) is 8.55. The normalized spacial score (nSPS) is 10.7. The Balaban J connectivity index is 0. The number of aliphatic carboxylic acids is 1. The van der Waals surface area contributed by atoms with Gasteiger partial charge in [-0.05, 0) is 24.2 Å². The number of hydroxylamine groups is 4. The molecule has 0 heterocycles. The van der Waals surface area contributed by atoms with E-state index in [9.17, 15) is 10.4 Å². The Kier molecular flexibility index (Phi) is 17.5. The lowest BCUT2D eigenvalue weighted by molar-refractivity contribution is -1.24. The van der Waals surface area contributed by atoms with Crippen LogP contribution in [0.2, 0.25) is 0 Å². The van der Waals surface area contributed by atoms with Gasteiger partial charge in [-0.1, -0.05) is 64.9 Å². The molecule has 22 heavy (non-hydrogen) atoms. The van der Waals surface area contributed by atoms with Gasteiger partial charge < -0.3 is 9.90 Å². The maximum absolute atomic E-state index is 9.34. The summed E-state index contributed by atoms with van der Waals surface area (Å²) in [6.07, 6.45) is 13.5. The molecule has 0 amide bonds. The summed E-state index contributed by atoms with van der Waals surface area (Å²) in [5.74, 6) is -1.23. The highest BCUT2D eigenvalue weighted by atomic mass is 16.8. The third kappa shape index (κ3) is 21.4. The summed E-state index contributed by atoms with van der Waals surface area (Å²) in [6.45, 7) is 7.77. The van der Waals surface area contributed by atoms with E-state index in [-0.39, 0.29) is 0 Å². The quantitative estimate of drug-likeness (QED) is 0.236. The van der Waals surface area contributed by atoms with Crippen molar-refractivity contribution in [2.75, 3.05) is 13.1 Å². The molecule has 132 valence electrons. The molecule has 0 aromatic rings. The summed E-state index contributed by atoms with van der Waals surface area (Å²) in [6, 6.07) is 0. The van der Waals surface area contributed by atoms with Crippen molar-refractivity contribution in [3.8, 4) is 0 Å². The number of carboxylic acid groups (broad SMARTS) is 1. The molecule has 0 unspecified atom stereocenters. The maximum atomic E-state index is 9.34. The first-order chi connectivity index (χ1) is 10.4. The average Bonchev–Trinajstić information content (AvgIpc) is 2.49. The highest BCUT2D eigenvalue weighted by molar-refractivity contribution is 5.76. The number of quaternary nitrogens is 1. The summed E-state index contributed by atoms with van der Waals surface area (Å²) in [5.41, 5.74) is 0. The minimum Gasteiger partial charge on any atom is -0.545 e. The number of rotatable bonds is 13. The number of carboxylic acids is 1. The SMILES string of the molecule is C=CC(=O)[O-].CCCCCCCCCCCC[N+](O)(O)CC. The van der Waals surface area contributed by atoms with Gasteiger partial charge in [0.05, 0.1) is 5.97 Å². The van der Waals surface area contributed by atoms with Crippen molar-refractivity contribution in [2.45, 2.75) is 78.1 Å². The molecule has 0 aliphatic heterocycles. The van der Waals surface area contributed by atoms with Gasteiger partial charge >= 0.3 is 0 Å². The first-order valence-corrected chi connectivity index (χ1v) is 8.55. The summed E-state index contributed by atoms with van der Waals surface area (Å²) in [7, 11) is 0. The van der Waals surface area contributed by atoms with Crippen LogP contribution in [-0.4, -0.2) is 34.3 Å². The molecular weight excluding hydrogens is 282 g/mol. The van der Waals surface area contributed by atoms with E-state index >= 15 is 0 Å². The Labute approximate surface area is 135 Å². The van der Waals surface area contributed by atoms with Crippen LogP contribution in [0, 0.1) is 0 Å². The van der Waals surface area contributed by atoms with Crippen molar-refractivity contribution in [3.05, 3.63) is 12.7 Å². The summed E-state index contributed by atoms with van der Waals surface area (Å²) in [5, 5.41) is 27.8. The average molecular weight is 317 g/mol. The second-order valence-corrected chi connectivity index (χ2v) is 5.62. The fourth-order valence-electron chi connectivity index (χ4n) is 2.01. The lowest BCUT2D eigenvalue weighted by Gasteiger charge is -2.18. The van der Waals surface area contributed by atoms with Gasteiger partial charge in [-0.15, -0.1) is 0 Å². The third-order valence-electron chi connectivity index (χ3n) is 3.54. The van der Waals surface area contributed by atoms with Crippen molar-refractivity contribution in [1.82, 2.24) is 0 Å². The first kappa shape index (κ1) is 23.4. The van der Waals surface area contributed by atoms with E-state index in [1.54, 1.807) is 6.92 Å². The number of hydrogen-bond acceptors (Lipinski definition) is 4. The molecule has 0 radical (unpaired) electrons. The zero-order chi connectivity index (χ0) is 17.3. The Bertz CT molecular complexity index is 267. The number of carbonyl (C=O) groups is 1. The Morgan fingerprint density at radius 3 is 1.64 bits per heavy atom. The molecule has 0 aromatic heterocycles. The van der Waals surface area contributed by atoms with Crippen LogP contribution >= 0.6 is 0 Å². The van der Waals surface area contributed by atoms with Crippen molar-refractivity contribution in [2.24, 2.45) is 0 Å². The molecule has 0 spiro atoms. The van der Waals surface area contributed by atoms with Gasteiger partial charge in [0.1, 0.15) is 13.1 Å². The zero-order valence-corrected chi connectivity index (χ0v) is 14.4. The van der Waals surface area contributed by atoms with E-state index in [1.165, 1.54) is 51.4 Å². The number of nitrogens with zero attached hydrogens (tertiary/aromatic N) is 1. The fraction of sp³-hybridized carbons (Fsp3) is 0.824. The summed E-state index contributed by atoms with van der Waals surface area (Å²) >= 11 is 0. The van der Waals surface area contributed by atoms with Crippen LogP contribution < -0.4 is 5.11 Å². The maximum Gasteiger partial charge on any atom is 0.142 e. The smallest absolute Gasteiger partial charge is 0.142 e. The molecule has 0 saturated heterocycles. The molecule has 0 aliphatic carbocycles. The van der Waals surface area contributed by atoms with E-state index in [0.29, 0.717) is 13.1 Å². The lowest BCUT2D eigenvalue weighted by Crippen LogP contribution is -2.41. The molecule has 0 aromatic carbocycles. The third-order valence-corrected chi connectivity index (χ3v) is 3.54. The predicted molar refractivity (Wildman–Crippen MR) is 86.3 cm³/mol. The second-order valence-electron chi connectivity index (χ2n) is 5.62. The molecule has 0 aliphatic rings. The van der Waals surface area contributed by atoms with Crippen LogP contribution in [0.5, 0.6) is 0 Å². The van der Waals surface area contributed by atoms with Crippen molar-refractivity contribution in [3.63, 3.8) is 0 Å². The predicted octanol–water partition coefficient (Wildman–Crippen LogP) is 3.44. The molecule has 0 rings (SSSR count). The number of hydrogen-bond donors (Lipinski definition) is 2. The Morgan fingerprint density at radius 1 is 0.955 bits per heavy atom. The van der Waals surface area contributed by atoms with Gasteiger partial charge in [-0.25, -0.2) is 0 Å². The van der Waals surface area contributed by atoms with Crippen LogP contribution in [0.15, 0.2) is 12.7 Å². The standard InChI is InChI=1S/C14H32NO2.C3H4O2/c1-3-5-6-7-8-9-10-11-12-13-14-15(16,17)4-2;1-2-3(4)5/h16-17H,3-14H2,1-2H3;2H,1H2,(H,4,5)/q+1;/p-1. The van der Waals surface area contributed by atoms with E-state index < -0.39 is 10.8 Å². The fourth-order valence-corrected chi connectivity index (χ4v) is 2.01. The molecule has 0 atom stereocenters. The van der Waals surface area contributed by atoms with E-state index in [4.69, 9.17) is 9.90 Å². The molecule has 2 N–H and O–H groups in total. The lowest BCUT2D eigenvalue weighted by atomic mass is 10.1. The Morgan fingerprint density at radius 2 is 1.32 bits per heavy atom. The largest absolute Gasteiger partial charge is 0.545 e. The van der Waals surface area contributed by atoms with Crippen LogP contribution in [0.25, 0.3) is 0 Å². The highest BCUT2D eigenvalue weighted by Gasteiger charge is 2.17. The van der Waals surface area contributed by atoms with Gasteiger partial charge in [-0.3, -0.25) is 0 Å².